The third kappa shape index (κ3) is 1.92. The van der Waals surface area contributed by atoms with E-state index in [9.17, 15) is 4.79 Å². The number of rotatable bonds is 3. The fourth-order valence-corrected chi connectivity index (χ4v) is 2.44. The Kier molecular flexibility index (Phi) is 2.81. The molecule has 0 radical (unpaired) electrons. The van der Waals surface area contributed by atoms with Gasteiger partial charge in [-0.3, -0.25) is 0 Å². The second-order valence-corrected chi connectivity index (χ2v) is 4.52. The van der Waals surface area contributed by atoms with Gasteiger partial charge in [-0.2, -0.15) is 0 Å². The highest BCUT2D eigenvalue weighted by molar-refractivity contribution is 7.18. The normalized spacial score (nSPS) is 16.5. The fourth-order valence-electron chi connectivity index (χ4n) is 1.30. The summed E-state index contributed by atoms with van der Waals surface area (Å²) in [5.74, 6) is -1.03. The van der Waals surface area contributed by atoms with Gasteiger partial charge in [0, 0.05) is 20.2 Å². The summed E-state index contributed by atoms with van der Waals surface area (Å²) in [5.41, 5.74) is 0. The highest BCUT2D eigenvalue weighted by Crippen LogP contribution is 2.32. The zero-order valence-corrected chi connectivity index (χ0v) is 9.51. The van der Waals surface area contributed by atoms with Gasteiger partial charge < -0.3 is 14.7 Å². The monoisotopic (exact) mass is 248 g/mol. The molecule has 1 saturated heterocycles. The second kappa shape index (κ2) is 3.96. The summed E-state index contributed by atoms with van der Waals surface area (Å²) in [6.45, 7) is 1.47. The molecular weight excluding hydrogens is 240 g/mol. The van der Waals surface area contributed by atoms with E-state index in [-0.39, 0.29) is 16.1 Å². The number of hydrogen-bond donors (Lipinski definition) is 1. The number of methoxy groups -OCH3 is 1. The Morgan fingerprint density at radius 3 is 2.87 bits per heavy atom. The molecule has 1 fully saturated rings. The molecule has 0 unspecified atom stereocenters. The van der Waals surface area contributed by atoms with Crippen LogP contribution in [0.5, 0.6) is 0 Å². The lowest BCUT2D eigenvalue weighted by molar-refractivity contribution is 0.0702. The van der Waals surface area contributed by atoms with Gasteiger partial charge in [0.25, 0.3) is 0 Å². The standard InChI is InChI=1S/C8H9ClN2O3S/c1-14-4-2-11(3-4)8-10-6(9)5(15-8)7(12)13/h4H,2-3H2,1H3,(H,12,13). The molecule has 2 heterocycles. The molecule has 0 atom stereocenters. The van der Waals surface area contributed by atoms with Crippen molar-refractivity contribution in [3.05, 3.63) is 10.0 Å². The Morgan fingerprint density at radius 1 is 1.73 bits per heavy atom. The number of carbonyl (C=O) groups is 1. The van der Waals surface area contributed by atoms with Gasteiger partial charge in [-0.25, -0.2) is 9.78 Å². The van der Waals surface area contributed by atoms with Gasteiger partial charge in [-0.05, 0) is 0 Å². The minimum Gasteiger partial charge on any atom is -0.477 e. The highest BCUT2D eigenvalue weighted by atomic mass is 35.5. The summed E-state index contributed by atoms with van der Waals surface area (Å²) in [5, 5.41) is 9.50. The van der Waals surface area contributed by atoms with Crippen LogP contribution in [-0.2, 0) is 4.74 Å². The summed E-state index contributed by atoms with van der Waals surface area (Å²) in [6, 6.07) is 0. The quantitative estimate of drug-likeness (QED) is 0.874. The molecule has 0 aliphatic carbocycles. The van der Waals surface area contributed by atoms with E-state index in [1.807, 2.05) is 4.90 Å². The van der Waals surface area contributed by atoms with Crippen LogP contribution >= 0.6 is 22.9 Å². The maximum absolute atomic E-state index is 10.7. The van der Waals surface area contributed by atoms with Crippen molar-refractivity contribution >= 4 is 34.0 Å². The third-order valence-electron chi connectivity index (χ3n) is 2.22. The van der Waals surface area contributed by atoms with E-state index in [1.54, 1.807) is 7.11 Å². The number of aromatic carboxylic acids is 1. The van der Waals surface area contributed by atoms with Crippen molar-refractivity contribution in [1.29, 1.82) is 0 Å². The number of carboxylic acids is 1. The molecule has 1 aromatic heterocycles. The summed E-state index contributed by atoms with van der Waals surface area (Å²) < 4.78 is 5.11. The van der Waals surface area contributed by atoms with Gasteiger partial charge in [-0.1, -0.05) is 22.9 Å². The first-order chi connectivity index (χ1) is 7.11. The summed E-state index contributed by atoms with van der Waals surface area (Å²) in [7, 11) is 1.65. The third-order valence-corrected chi connectivity index (χ3v) is 3.71. The summed E-state index contributed by atoms with van der Waals surface area (Å²) >= 11 is 6.79. The first kappa shape index (κ1) is 10.7. The molecule has 0 saturated carbocycles. The number of nitrogens with zero attached hydrogens (tertiary/aromatic N) is 2. The zero-order chi connectivity index (χ0) is 11.0. The molecule has 7 heteroatoms. The summed E-state index contributed by atoms with van der Waals surface area (Å²) in [4.78, 5) is 16.8. The number of carboxylic acid groups (broad SMARTS) is 1. The van der Waals surface area contributed by atoms with Gasteiger partial charge in [-0.15, -0.1) is 0 Å². The zero-order valence-electron chi connectivity index (χ0n) is 7.94. The average Bonchev–Trinajstić information content (AvgIpc) is 2.45. The van der Waals surface area contributed by atoms with Crippen LogP contribution in [0.2, 0.25) is 5.15 Å². The molecule has 2 rings (SSSR count). The van der Waals surface area contributed by atoms with Crippen molar-refractivity contribution < 1.29 is 14.6 Å². The van der Waals surface area contributed by atoms with Crippen molar-refractivity contribution in [2.45, 2.75) is 6.10 Å². The first-order valence-corrected chi connectivity index (χ1v) is 5.48. The van der Waals surface area contributed by atoms with Crippen molar-refractivity contribution in [1.82, 2.24) is 4.98 Å². The van der Waals surface area contributed by atoms with Crippen molar-refractivity contribution in [2.75, 3.05) is 25.1 Å². The smallest absolute Gasteiger partial charge is 0.349 e. The molecule has 0 spiro atoms. The van der Waals surface area contributed by atoms with Crippen molar-refractivity contribution in [3.8, 4) is 0 Å². The molecular formula is C8H9ClN2O3S. The largest absolute Gasteiger partial charge is 0.477 e. The van der Waals surface area contributed by atoms with Crippen LogP contribution in [0.3, 0.4) is 0 Å². The molecule has 1 aromatic rings. The lowest BCUT2D eigenvalue weighted by Gasteiger charge is -2.37. The topological polar surface area (TPSA) is 62.7 Å². The SMILES string of the molecule is COC1CN(c2nc(Cl)c(C(=O)O)s2)C1. The minimum absolute atomic E-state index is 0.0587. The van der Waals surface area contributed by atoms with E-state index >= 15 is 0 Å². The van der Waals surface area contributed by atoms with Gasteiger partial charge in [0.05, 0.1) is 6.10 Å². The molecule has 1 aliphatic rings. The number of ether oxygens (including phenoxy) is 1. The van der Waals surface area contributed by atoms with Crippen LogP contribution in [0.4, 0.5) is 5.13 Å². The van der Waals surface area contributed by atoms with Gasteiger partial charge in [0.15, 0.2) is 15.2 Å². The van der Waals surface area contributed by atoms with Crippen LogP contribution in [0, 0.1) is 0 Å². The van der Waals surface area contributed by atoms with Crippen molar-refractivity contribution in [2.24, 2.45) is 0 Å². The fraction of sp³-hybridized carbons (Fsp3) is 0.500. The van der Waals surface area contributed by atoms with Crippen LogP contribution in [0.25, 0.3) is 0 Å². The number of halogens is 1. The first-order valence-electron chi connectivity index (χ1n) is 4.29. The van der Waals surface area contributed by atoms with Gasteiger partial charge in [0.1, 0.15) is 0 Å². The lowest BCUT2D eigenvalue weighted by atomic mass is 10.2. The molecule has 1 aliphatic heterocycles. The van der Waals surface area contributed by atoms with Crippen molar-refractivity contribution in [3.63, 3.8) is 0 Å². The second-order valence-electron chi connectivity index (χ2n) is 3.18. The van der Waals surface area contributed by atoms with Crippen LogP contribution < -0.4 is 4.90 Å². The predicted octanol–water partition coefficient (Wildman–Crippen LogP) is 1.33. The molecule has 0 bridgehead atoms. The Balaban J connectivity index is 2.11. The molecule has 1 N–H and O–H groups in total. The van der Waals surface area contributed by atoms with Crippen LogP contribution in [-0.4, -0.2) is 42.4 Å². The number of aromatic nitrogens is 1. The van der Waals surface area contributed by atoms with Crippen LogP contribution in [0.1, 0.15) is 9.67 Å². The molecule has 82 valence electrons. The Morgan fingerprint density at radius 2 is 2.40 bits per heavy atom. The molecule has 0 aromatic carbocycles. The van der Waals surface area contributed by atoms with Gasteiger partial charge >= 0.3 is 5.97 Å². The Hall–Kier alpha value is -0.850. The number of thiazole rings is 1. The van der Waals surface area contributed by atoms with E-state index in [4.69, 9.17) is 21.4 Å². The molecule has 15 heavy (non-hydrogen) atoms. The number of anilines is 1. The van der Waals surface area contributed by atoms with E-state index in [0.717, 1.165) is 24.4 Å². The van der Waals surface area contributed by atoms with Crippen LogP contribution in [0.15, 0.2) is 0 Å². The maximum atomic E-state index is 10.7. The minimum atomic E-state index is -1.03. The number of hydrogen-bond acceptors (Lipinski definition) is 5. The maximum Gasteiger partial charge on any atom is 0.349 e. The van der Waals surface area contributed by atoms with E-state index < -0.39 is 5.97 Å². The molecule has 5 nitrogen and oxygen atoms in total. The predicted molar refractivity (Wildman–Crippen MR) is 57.1 cm³/mol. The van der Waals surface area contributed by atoms with E-state index in [1.165, 1.54) is 0 Å². The molecule has 0 amide bonds. The summed E-state index contributed by atoms with van der Waals surface area (Å²) in [6.07, 6.45) is 0.209. The van der Waals surface area contributed by atoms with E-state index in [2.05, 4.69) is 4.98 Å². The van der Waals surface area contributed by atoms with Gasteiger partial charge in [0.2, 0.25) is 0 Å². The Bertz CT molecular complexity index is 389. The van der Waals surface area contributed by atoms with E-state index in [0.29, 0.717) is 5.13 Å². The Labute approximate surface area is 95.2 Å². The lowest BCUT2D eigenvalue weighted by Crippen LogP contribution is -2.51. The average molecular weight is 249 g/mol. The highest BCUT2D eigenvalue weighted by Gasteiger charge is 2.30.